The molecule has 3 amide bonds. The van der Waals surface area contributed by atoms with Gasteiger partial charge >= 0.3 is 0 Å². The van der Waals surface area contributed by atoms with Gasteiger partial charge in [0.05, 0.1) is 31.2 Å². The fraction of sp³-hybridized carbons (Fsp3) is 0.250. The Balaban J connectivity index is 1.66. The fourth-order valence-electron chi connectivity index (χ4n) is 4.47. The highest BCUT2D eigenvalue weighted by molar-refractivity contribution is 9.10. The highest BCUT2D eigenvalue weighted by Gasteiger charge is 2.46. The summed E-state index contributed by atoms with van der Waals surface area (Å²) in [6, 6.07) is 16.3. The van der Waals surface area contributed by atoms with E-state index in [1.54, 1.807) is 42.5 Å². The van der Waals surface area contributed by atoms with Gasteiger partial charge in [-0.25, -0.2) is 13.3 Å². The van der Waals surface area contributed by atoms with Crippen LogP contribution in [0.1, 0.15) is 18.9 Å². The molecule has 4 rings (SSSR count). The molecule has 1 N–H and O–H groups in total. The molecule has 12 heteroatoms. The molecule has 210 valence electrons. The van der Waals surface area contributed by atoms with Crippen molar-refractivity contribution in [1.82, 2.24) is 4.31 Å². The zero-order chi connectivity index (χ0) is 29.0. The Morgan fingerprint density at radius 1 is 1.00 bits per heavy atom. The van der Waals surface area contributed by atoms with Crippen LogP contribution in [0, 0.1) is 0 Å². The predicted molar refractivity (Wildman–Crippen MR) is 153 cm³/mol. The minimum Gasteiger partial charge on any atom is -0.493 e. The summed E-state index contributed by atoms with van der Waals surface area (Å²) in [5, 5.41) is 2.63. The van der Waals surface area contributed by atoms with Crippen LogP contribution in [0.25, 0.3) is 0 Å². The Morgan fingerprint density at radius 3 is 2.25 bits per heavy atom. The van der Waals surface area contributed by atoms with E-state index in [0.29, 0.717) is 21.7 Å². The number of hydrogen-bond acceptors (Lipinski definition) is 7. The van der Waals surface area contributed by atoms with Crippen molar-refractivity contribution in [2.75, 3.05) is 31.0 Å². The largest absolute Gasteiger partial charge is 0.493 e. The molecule has 40 heavy (non-hydrogen) atoms. The second-order valence-corrected chi connectivity index (χ2v) is 11.8. The van der Waals surface area contributed by atoms with Crippen molar-refractivity contribution in [3.8, 4) is 11.5 Å². The summed E-state index contributed by atoms with van der Waals surface area (Å²) in [7, 11) is -1.15. The number of imide groups is 1. The molecular weight excluding hydrogens is 602 g/mol. The predicted octanol–water partition coefficient (Wildman–Crippen LogP) is 3.99. The van der Waals surface area contributed by atoms with Crippen LogP contribution in [-0.2, 0) is 30.8 Å². The lowest BCUT2D eigenvalue weighted by Gasteiger charge is -2.27. The summed E-state index contributed by atoms with van der Waals surface area (Å²) >= 11 is 3.31. The number of rotatable bonds is 10. The summed E-state index contributed by atoms with van der Waals surface area (Å²) in [6.07, 6.45) is -0.0620. The highest BCUT2D eigenvalue weighted by atomic mass is 79.9. The van der Waals surface area contributed by atoms with Crippen molar-refractivity contribution in [1.29, 1.82) is 0 Å². The summed E-state index contributed by atoms with van der Waals surface area (Å²) in [5.74, 6) is -0.412. The Kier molecular flexibility index (Phi) is 8.92. The molecule has 0 saturated carbocycles. The van der Waals surface area contributed by atoms with E-state index in [1.807, 2.05) is 0 Å². The molecule has 1 atom stereocenters. The summed E-state index contributed by atoms with van der Waals surface area (Å²) in [5.41, 5.74) is 1.55. The number of halogens is 1. The Morgan fingerprint density at radius 2 is 1.65 bits per heavy atom. The van der Waals surface area contributed by atoms with Crippen LogP contribution in [0.15, 0.2) is 76.1 Å². The topological polar surface area (TPSA) is 122 Å². The van der Waals surface area contributed by atoms with Gasteiger partial charge in [-0.1, -0.05) is 22.0 Å². The maximum absolute atomic E-state index is 13.9. The van der Waals surface area contributed by atoms with Gasteiger partial charge in [0.2, 0.25) is 21.8 Å². The first kappa shape index (κ1) is 29.2. The van der Waals surface area contributed by atoms with E-state index in [4.69, 9.17) is 9.47 Å². The lowest BCUT2D eigenvalue weighted by Crippen LogP contribution is -2.46. The lowest BCUT2D eigenvalue weighted by molar-refractivity contribution is -0.122. The number of amides is 3. The third-order valence-corrected chi connectivity index (χ3v) is 8.86. The first-order chi connectivity index (χ1) is 19.0. The summed E-state index contributed by atoms with van der Waals surface area (Å²) < 4.78 is 40.2. The minimum absolute atomic E-state index is 0.00127. The van der Waals surface area contributed by atoms with Gasteiger partial charge in [-0.05, 0) is 72.6 Å². The average molecular weight is 631 g/mol. The number of carbonyl (C=O) groups is 3. The van der Waals surface area contributed by atoms with Gasteiger partial charge in [-0.15, -0.1) is 0 Å². The van der Waals surface area contributed by atoms with Crippen LogP contribution < -0.4 is 19.7 Å². The van der Waals surface area contributed by atoms with E-state index in [9.17, 15) is 22.8 Å². The number of anilines is 2. The fourth-order valence-corrected chi connectivity index (χ4v) is 6.32. The molecule has 3 aromatic carbocycles. The Hall–Kier alpha value is -3.74. The molecule has 1 aliphatic rings. The first-order valence-corrected chi connectivity index (χ1v) is 14.5. The molecule has 10 nitrogen and oxygen atoms in total. The number of hydrogen-bond donors (Lipinski definition) is 1. The van der Waals surface area contributed by atoms with Gasteiger partial charge in [0.15, 0.2) is 11.5 Å². The molecule has 3 aromatic rings. The molecule has 0 radical (unpaired) electrons. The van der Waals surface area contributed by atoms with Crippen LogP contribution in [0.4, 0.5) is 11.4 Å². The van der Waals surface area contributed by atoms with Crippen molar-refractivity contribution in [3.05, 3.63) is 76.8 Å². The van der Waals surface area contributed by atoms with E-state index >= 15 is 0 Å². The Labute approximate surface area is 241 Å². The number of benzene rings is 3. The minimum atomic E-state index is -4.17. The number of sulfonamides is 1. The third kappa shape index (κ3) is 6.19. The molecule has 1 heterocycles. The van der Waals surface area contributed by atoms with E-state index in [0.717, 1.165) is 14.8 Å². The van der Waals surface area contributed by atoms with Crippen molar-refractivity contribution in [3.63, 3.8) is 0 Å². The van der Waals surface area contributed by atoms with Gasteiger partial charge in [0.1, 0.15) is 6.04 Å². The normalized spacial score (nSPS) is 15.4. The quantitative estimate of drug-likeness (QED) is 0.336. The highest BCUT2D eigenvalue weighted by Crippen LogP contribution is 2.32. The summed E-state index contributed by atoms with van der Waals surface area (Å²) in [6.45, 7) is 1.31. The molecule has 0 aromatic heterocycles. The number of ether oxygens (including phenoxy) is 2. The van der Waals surface area contributed by atoms with Crippen LogP contribution in [-0.4, -0.2) is 57.3 Å². The molecule has 0 spiro atoms. The smallest absolute Gasteiger partial charge is 0.252 e. The van der Waals surface area contributed by atoms with Crippen LogP contribution in [0.5, 0.6) is 11.5 Å². The zero-order valence-corrected chi connectivity index (χ0v) is 24.5. The number of carbonyl (C=O) groups excluding carboxylic acids is 3. The Bertz CT molecular complexity index is 1530. The monoisotopic (exact) mass is 629 g/mol. The summed E-state index contributed by atoms with van der Waals surface area (Å²) in [4.78, 5) is 39.0. The van der Waals surface area contributed by atoms with Gasteiger partial charge in [0.25, 0.3) is 5.91 Å². The number of methoxy groups -OCH3 is 2. The van der Waals surface area contributed by atoms with Crippen LogP contribution >= 0.6 is 15.9 Å². The van der Waals surface area contributed by atoms with Crippen LogP contribution in [0.3, 0.4) is 0 Å². The SMILES string of the molecule is COc1ccc(CCN(C2CC(=O)N(c3ccc(NC(C)=O)cc3)C2=O)S(=O)(=O)c2ccc(Br)cc2)cc1OC. The van der Waals surface area contributed by atoms with E-state index in [1.165, 1.54) is 45.4 Å². The van der Waals surface area contributed by atoms with E-state index in [2.05, 4.69) is 21.2 Å². The maximum atomic E-state index is 13.9. The molecular formula is C28H28BrN3O7S. The average Bonchev–Trinajstić information content (AvgIpc) is 3.22. The van der Waals surface area contributed by atoms with Gasteiger partial charge in [-0.3, -0.25) is 14.4 Å². The second-order valence-electron chi connectivity index (χ2n) is 9.02. The van der Waals surface area contributed by atoms with E-state index in [-0.39, 0.29) is 35.9 Å². The molecule has 1 saturated heterocycles. The van der Waals surface area contributed by atoms with Crippen LogP contribution in [0.2, 0.25) is 0 Å². The van der Waals surface area contributed by atoms with Gasteiger partial charge < -0.3 is 14.8 Å². The van der Waals surface area contributed by atoms with Crippen molar-refractivity contribution in [2.24, 2.45) is 0 Å². The molecule has 0 aliphatic carbocycles. The van der Waals surface area contributed by atoms with Gasteiger partial charge in [0, 0.05) is 23.6 Å². The van der Waals surface area contributed by atoms with Crippen molar-refractivity contribution >= 4 is 55.0 Å². The zero-order valence-electron chi connectivity index (χ0n) is 22.1. The molecule has 1 fully saturated rings. The molecule has 0 bridgehead atoms. The first-order valence-electron chi connectivity index (χ1n) is 12.3. The van der Waals surface area contributed by atoms with Crippen molar-refractivity contribution in [2.45, 2.75) is 30.7 Å². The third-order valence-electron chi connectivity index (χ3n) is 6.41. The van der Waals surface area contributed by atoms with E-state index < -0.39 is 27.9 Å². The number of nitrogens with one attached hydrogen (secondary N) is 1. The molecule has 1 unspecified atom stereocenters. The number of nitrogens with zero attached hydrogens (tertiary/aromatic N) is 2. The van der Waals surface area contributed by atoms with Crippen molar-refractivity contribution < 1.29 is 32.3 Å². The maximum Gasteiger partial charge on any atom is 0.252 e. The standard InChI is InChI=1S/C28H28BrN3O7S/c1-18(33)30-21-7-9-22(10-8-21)32-27(34)17-24(28(32)35)31(40(36,37)23-11-5-20(29)6-12-23)15-14-19-4-13-25(38-2)26(16-19)39-3/h4-13,16,24H,14-15,17H2,1-3H3,(H,30,33). The lowest BCUT2D eigenvalue weighted by atomic mass is 10.1. The second kappa shape index (κ2) is 12.2. The van der Waals surface area contributed by atoms with Gasteiger partial charge in [-0.2, -0.15) is 4.31 Å². The molecule has 1 aliphatic heterocycles.